The molecule has 21 heavy (non-hydrogen) atoms. The monoisotopic (exact) mass is 290 g/mol. The van der Waals surface area contributed by atoms with Crippen molar-refractivity contribution in [3.05, 3.63) is 35.4 Å². The minimum Gasteiger partial charge on any atom is -0.377 e. The molecule has 1 saturated heterocycles. The van der Waals surface area contributed by atoms with Crippen molar-refractivity contribution in [2.45, 2.75) is 58.8 Å². The Morgan fingerprint density at radius 1 is 1.33 bits per heavy atom. The minimum absolute atomic E-state index is 0.441. The first-order chi connectivity index (χ1) is 10.2. The van der Waals surface area contributed by atoms with Crippen LogP contribution in [0.1, 0.15) is 44.7 Å². The highest BCUT2D eigenvalue weighted by Gasteiger charge is 2.18. The van der Waals surface area contributed by atoms with Gasteiger partial charge in [0.1, 0.15) is 0 Å². The fourth-order valence-electron chi connectivity index (χ4n) is 2.80. The number of rotatable bonds is 8. The summed E-state index contributed by atoms with van der Waals surface area (Å²) in [5.74, 6) is 0. The van der Waals surface area contributed by atoms with Gasteiger partial charge in [-0.1, -0.05) is 45.0 Å². The molecule has 0 spiro atoms. The van der Waals surface area contributed by atoms with Crippen molar-refractivity contribution >= 4 is 0 Å². The molecule has 1 N–H and O–H groups in total. The fraction of sp³-hybridized carbons (Fsp3) is 0.667. The predicted molar refractivity (Wildman–Crippen MR) is 88.3 cm³/mol. The second-order valence-electron chi connectivity index (χ2n) is 6.32. The molecule has 118 valence electrons. The van der Waals surface area contributed by atoms with Gasteiger partial charge in [0.05, 0.1) is 6.10 Å². The van der Waals surface area contributed by atoms with Crippen molar-refractivity contribution in [1.29, 1.82) is 0 Å². The van der Waals surface area contributed by atoms with Crippen LogP contribution in [-0.2, 0) is 17.8 Å². The van der Waals surface area contributed by atoms with E-state index in [4.69, 9.17) is 4.74 Å². The lowest BCUT2D eigenvalue weighted by Gasteiger charge is -2.24. The van der Waals surface area contributed by atoms with Gasteiger partial charge in [-0.05, 0) is 30.5 Å². The van der Waals surface area contributed by atoms with Crippen molar-refractivity contribution < 1.29 is 4.74 Å². The van der Waals surface area contributed by atoms with E-state index in [2.05, 4.69) is 55.3 Å². The lowest BCUT2D eigenvalue weighted by molar-refractivity contribution is 0.0725. The average molecular weight is 290 g/mol. The molecule has 1 unspecified atom stereocenters. The normalized spacial score (nSPS) is 18.8. The Kier molecular flexibility index (Phi) is 6.68. The largest absolute Gasteiger partial charge is 0.377 e. The van der Waals surface area contributed by atoms with E-state index in [0.29, 0.717) is 12.1 Å². The standard InChI is InChI=1S/C18H30N2O/c1-4-20(14-18-9-6-10-21-18)13-17-8-5-7-16(11-17)12-19-15(2)3/h5,7-8,11,15,18-19H,4,6,9-10,12-14H2,1-3H3. The molecule has 2 rings (SSSR count). The Morgan fingerprint density at radius 3 is 2.81 bits per heavy atom. The van der Waals surface area contributed by atoms with E-state index < -0.39 is 0 Å². The van der Waals surface area contributed by atoms with Crippen molar-refractivity contribution in [1.82, 2.24) is 10.2 Å². The van der Waals surface area contributed by atoms with Crippen molar-refractivity contribution in [3.63, 3.8) is 0 Å². The third-order valence-corrected chi connectivity index (χ3v) is 4.05. The first kappa shape index (κ1) is 16.5. The van der Waals surface area contributed by atoms with Crippen LogP contribution in [0.2, 0.25) is 0 Å². The summed E-state index contributed by atoms with van der Waals surface area (Å²) in [4.78, 5) is 2.49. The van der Waals surface area contributed by atoms with Gasteiger partial charge in [-0.3, -0.25) is 4.90 Å². The molecule has 1 aliphatic rings. The molecule has 0 aromatic heterocycles. The van der Waals surface area contributed by atoms with Gasteiger partial charge in [-0.25, -0.2) is 0 Å². The quantitative estimate of drug-likeness (QED) is 0.796. The van der Waals surface area contributed by atoms with Gasteiger partial charge >= 0.3 is 0 Å². The highest BCUT2D eigenvalue weighted by molar-refractivity contribution is 5.23. The predicted octanol–water partition coefficient (Wildman–Crippen LogP) is 3.19. The van der Waals surface area contributed by atoms with Gasteiger partial charge in [0.2, 0.25) is 0 Å². The van der Waals surface area contributed by atoms with Crippen LogP contribution < -0.4 is 5.32 Å². The van der Waals surface area contributed by atoms with E-state index in [0.717, 1.165) is 32.8 Å². The summed E-state index contributed by atoms with van der Waals surface area (Å²) >= 11 is 0. The van der Waals surface area contributed by atoms with E-state index in [-0.39, 0.29) is 0 Å². The second-order valence-corrected chi connectivity index (χ2v) is 6.32. The van der Waals surface area contributed by atoms with Crippen LogP contribution in [0.3, 0.4) is 0 Å². The molecule has 3 nitrogen and oxygen atoms in total. The van der Waals surface area contributed by atoms with Crippen LogP contribution in [0.25, 0.3) is 0 Å². The van der Waals surface area contributed by atoms with Crippen LogP contribution in [0.4, 0.5) is 0 Å². The molecule has 0 amide bonds. The molecule has 0 radical (unpaired) electrons. The lowest BCUT2D eigenvalue weighted by atomic mass is 10.1. The maximum absolute atomic E-state index is 5.76. The Balaban J connectivity index is 1.88. The highest BCUT2D eigenvalue weighted by atomic mass is 16.5. The minimum atomic E-state index is 0.441. The third-order valence-electron chi connectivity index (χ3n) is 4.05. The molecule has 0 saturated carbocycles. The second kappa shape index (κ2) is 8.52. The zero-order chi connectivity index (χ0) is 15.1. The fourth-order valence-corrected chi connectivity index (χ4v) is 2.80. The van der Waals surface area contributed by atoms with Crippen LogP contribution in [-0.4, -0.2) is 36.7 Å². The molecule has 0 aliphatic carbocycles. The third kappa shape index (κ3) is 5.77. The van der Waals surface area contributed by atoms with E-state index in [1.807, 2.05) is 0 Å². The number of nitrogens with zero attached hydrogens (tertiary/aromatic N) is 1. The first-order valence-electron chi connectivity index (χ1n) is 8.32. The van der Waals surface area contributed by atoms with Gasteiger partial charge in [0.25, 0.3) is 0 Å². The average Bonchev–Trinajstić information content (AvgIpc) is 2.98. The van der Waals surface area contributed by atoms with Gasteiger partial charge in [0.15, 0.2) is 0 Å². The molecular weight excluding hydrogens is 260 g/mol. The molecule has 1 atom stereocenters. The van der Waals surface area contributed by atoms with Crippen LogP contribution in [0, 0.1) is 0 Å². The van der Waals surface area contributed by atoms with Crippen molar-refractivity contribution in [3.8, 4) is 0 Å². The SMILES string of the molecule is CCN(Cc1cccc(CNC(C)C)c1)CC1CCCO1. The summed E-state index contributed by atoms with van der Waals surface area (Å²) in [6.45, 7) is 11.7. The summed E-state index contributed by atoms with van der Waals surface area (Å²) in [6, 6.07) is 9.46. The molecular formula is C18H30N2O. The first-order valence-corrected chi connectivity index (χ1v) is 8.32. The van der Waals surface area contributed by atoms with E-state index in [9.17, 15) is 0 Å². The van der Waals surface area contributed by atoms with E-state index in [1.54, 1.807) is 0 Å². The zero-order valence-corrected chi connectivity index (χ0v) is 13.8. The molecule has 1 fully saturated rings. The van der Waals surface area contributed by atoms with Gasteiger partial charge < -0.3 is 10.1 Å². The summed E-state index contributed by atoms with van der Waals surface area (Å²) in [5.41, 5.74) is 2.77. The van der Waals surface area contributed by atoms with Crippen molar-refractivity contribution in [2.24, 2.45) is 0 Å². The lowest BCUT2D eigenvalue weighted by Crippen LogP contribution is -2.31. The number of benzene rings is 1. The Hall–Kier alpha value is -0.900. The Bertz CT molecular complexity index is 413. The van der Waals surface area contributed by atoms with Gasteiger partial charge in [-0.2, -0.15) is 0 Å². The summed E-state index contributed by atoms with van der Waals surface area (Å²) < 4.78 is 5.76. The Morgan fingerprint density at radius 2 is 2.14 bits per heavy atom. The number of likely N-dealkylation sites (N-methyl/N-ethyl adjacent to an activating group) is 1. The van der Waals surface area contributed by atoms with Crippen LogP contribution in [0.5, 0.6) is 0 Å². The molecule has 1 aliphatic heterocycles. The van der Waals surface area contributed by atoms with Gasteiger partial charge in [-0.15, -0.1) is 0 Å². The molecule has 1 aromatic rings. The van der Waals surface area contributed by atoms with E-state index >= 15 is 0 Å². The number of hydrogen-bond acceptors (Lipinski definition) is 3. The van der Waals surface area contributed by atoms with Crippen molar-refractivity contribution in [2.75, 3.05) is 19.7 Å². The number of ether oxygens (including phenoxy) is 1. The van der Waals surface area contributed by atoms with Crippen LogP contribution >= 0.6 is 0 Å². The summed E-state index contributed by atoms with van der Waals surface area (Å²) in [5, 5.41) is 3.48. The summed E-state index contributed by atoms with van der Waals surface area (Å²) in [7, 11) is 0. The summed E-state index contributed by atoms with van der Waals surface area (Å²) in [6.07, 6.45) is 2.88. The maximum atomic E-state index is 5.76. The highest BCUT2D eigenvalue weighted by Crippen LogP contribution is 2.15. The van der Waals surface area contributed by atoms with Crippen LogP contribution in [0.15, 0.2) is 24.3 Å². The molecule has 1 heterocycles. The van der Waals surface area contributed by atoms with E-state index in [1.165, 1.54) is 24.0 Å². The maximum Gasteiger partial charge on any atom is 0.0702 e. The zero-order valence-electron chi connectivity index (χ0n) is 13.8. The number of hydrogen-bond donors (Lipinski definition) is 1. The Labute approximate surface area is 129 Å². The topological polar surface area (TPSA) is 24.5 Å². The molecule has 1 aromatic carbocycles. The van der Waals surface area contributed by atoms with Gasteiger partial charge in [0, 0.05) is 32.3 Å². The molecule has 0 bridgehead atoms. The smallest absolute Gasteiger partial charge is 0.0702 e. The number of nitrogens with one attached hydrogen (secondary N) is 1. The molecule has 3 heteroatoms.